The number of hydrogen-bond donors (Lipinski definition) is 1. The number of rotatable bonds is 7. The number of nitrogens with zero attached hydrogens (tertiary/aromatic N) is 1. The van der Waals surface area contributed by atoms with E-state index in [4.69, 9.17) is 25.8 Å². The van der Waals surface area contributed by atoms with Gasteiger partial charge in [-0.25, -0.2) is 5.43 Å². The lowest BCUT2D eigenvalue weighted by Gasteiger charge is -2.09. The fourth-order valence-electron chi connectivity index (χ4n) is 2.91. The van der Waals surface area contributed by atoms with E-state index >= 15 is 0 Å². The molecular weight excluding hydrogens is 484 g/mol. The lowest BCUT2D eigenvalue weighted by Crippen LogP contribution is -2.19. The summed E-state index contributed by atoms with van der Waals surface area (Å²) in [5.74, 6) is 1.82. The summed E-state index contributed by atoms with van der Waals surface area (Å²) in [5.41, 5.74) is 5.19. The molecule has 31 heavy (non-hydrogen) atoms. The number of ether oxygens (including phenoxy) is 3. The van der Waals surface area contributed by atoms with Crippen LogP contribution < -0.4 is 19.6 Å². The van der Waals surface area contributed by atoms with Crippen LogP contribution in [0.5, 0.6) is 17.2 Å². The molecule has 6 nitrogen and oxygen atoms in total. The van der Waals surface area contributed by atoms with E-state index in [0.717, 1.165) is 21.2 Å². The minimum absolute atomic E-state index is 0.190. The van der Waals surface area contributed by atoms with Crippen molar-refractivity contribution in [3.05, 3.63) is 86.8 Å². The molecule has 0 bridgehead atoms. The molecule has 0 fully saturated rings. The van der Waals surface area contributed by atoms with Crippen LogP contribution >= 0.6 is 27.5 Å². The molecule has 0 radical (unpaired) electrons. The number of halogens is 2. The molecule has 0 saturated carbocycles. The first-order chi connectivity index (χ1) is 15.1. The van der Waals surface area contributed by atoms with E-state index < -0.39 is 0 Å². The van der Waals surface area contributed by atoms with Gasteiger partial charge in [-0.2, -0.15) is 5.10 Å². The molecule has 0 aromatic heterocycles. The molecular formula is C23H18BrClN2O4. The van der Waals surface area contributed by atoms with Gasteiger partial charge in [-0.1, -0.05) is 29.8 Å². The Labute approximate surface area is 192 Å². The largest absolute Gasteiger partial charge is 0.488 e. The summed E-state index contributed by atoms with van der Waals surface area (Å²) in [4.78, 5) is 12.1. The van der Waals surface area contributed by atoms with Gasteiger partial charge in [0, 0.05) is 5.02 Å². The van der Waals surface area contributed by atoms with E-state index in [0.29, 0.717) is 28.9 Å². The average molecular weight is 502 g/mol. The molecule has 0 spiro atoms. The van der Waals surface area contributed by atoms with Crippen molar-refractivity contribution in [2.24, 2.45) is 5.10 Å². The monoisotopic (exact) mass is 500 g/mol. The molecule has 0 saturated heterocycles. The summed E-state index contributed by atoms with van der Waals surface area (Å²) in [6.07, 6.45) is 1.76. The van der Waals surface area contributed by atoms with E-state index in [-0.39, 0.29) is 19.1 Å². The molecule has 0 atom stereocenters. The fourth-order valence-corrected chi connectivity index (χ4v) is 3.55. The second kappa shape index (κ2) is 9.85. The zero-order valence-corrected chi connectivity index (χ0v) is 18.7. The van der Waals surface area contributed by atoms with Crippen molar-refractivity contribution in [3.63, 3.8) is 0 Å². The van der Waals surface area contributed by atoms with Crippen LogP contribution in [-0.2, 0) is 17.8 Å². The van der Waals surface area contributed by atoms with Crippen molar-refractivity contribution < 1.29 is 19.0 Å². The fraction of sp³-hybridized carbons (Fsp3) is 0.130. The molecule has 8 heteroatoms. The number of carbonyl (C=O) groups is 1. The van der Waals surface area contributed by atoms with Crippen LogP contribution in [0.4, 0.5) is 0 Å². The Morgan fingerprint density at radius 3 is 2.65 bits per heavy atom. The topological polar surface area (TPSA) is 69.2 Å². The molecule has 1 heterocycles. The highest BCUT2D eigenvalue weighted by Gasteiger charge is 2.14. The van der Waals surface area contributed by atoms with Gasteiger partial charge >= 0.3 is 0 Å². The Morgan fingerprint density at radius 1 is 1.06 bits per heavy atom. The van der Waals surface area contributed by atoms with Gasteiger partial charge in [-0.05, 0) is 75.1 Å². The first-order valence-electron chi connectivity index (χ1n) is 9.44. The second-order valence-corrected chi connectivity index (χ2v) is 8.05. The summed E-state index contributed by atoms with van der Waals surface area (Å²) in [6.45, 7) is 0.634. The van der Waals surface area contributed by atoms with Gasteiger partial charge in [0.05, 0.1) is 17.1 Å². The van der Waals surface area contributed by atoms with Gasteiger partial charge in [-0.3, -0.25) is 4.79 Å². The molecule has 1 aliphatic heterocycles. The third-order valence-electron chi connectivity index (χ3n) is 4.47. The number of amides is 1. The van der Waals surface area contributed by atoms with Crippen molar-refractivity contribution in [1.29, 1.82) is 0 Å². The zero-order valence-electron chi connectivity index (χ0n) is 16.3. The Bertz CT molecular complexity index is 1120. The van der Waals surface area contributed by atoms with Gasteiger partial charge in [0.25, 0.3) is 0 Å². The highest BCUT2D eigenvalue weighted by Crippen LogP contribution is 2.32. The maximum Gasteiger partial charge on any atom is 0.244 e. The van der Waals surface area contributed by atoms with E-state index in [1.165, 1.54) is 0 Å². The molecule has 0 unspecified atom stereocenters. The molecule has 4 rings (SSSR count). The van der Waals surface area contributed by atoms with Gasteiger partial charge in [0.2, 0.25) is 12.7 Å². The second-order valence-electron chi connectivity index (χ2n) is 6.76. The van der Waals surface area contributed by atoms with Crippen LogP contribution in [0, 0.1) is 0 Å². The van der Waals surface area contributed by atoms with Crippen molar-refractivity contribution in [3.8, 4) is 17.2 Å². The predicted molar refractivity (Wildman–Crippen MR) is 122 cm³/mol. The number of nitrogens with one attached hydrogen (secondary N) is 1. The quantitative estimate of drug-likeness (QED) is 0.361. The minimum Gasteiger partial charge on any atom is -0.488 e. The number of carbonyl (C=O) groups excluding carboxylic acids is 1. The van der Waals surface area contributed by atoms with Gasteiger partial charge in [-0.15, -0.1) is 0 Å². The molecule has 0 aliphatic carbocycles. The van der Waals surface area contributed by atoms with Crippen molar-refractivity contribution in [1.82, 2.24) is 5.43 Å². The maximum absolute atomic E-state index is 12.1. The van der Waals surface area contributed by atoms with Crippen LogP contribution in [0.2, 0.25) is 5.02 Å². The molecule has 3 aromatic carbocycles. The van der Waals surface area contributed by atoms with Crippen molar-refractivity contribution in [2.75, 3.05) is 6.79 Å². The summed E-state index contributed by atoms with van der Waals surface area (Å²) >= 11 is 9.40. The Kier molecular flexibility index (Phi) is 6.74. The SMILES string of the molecule is O=C(Cc1ccc2c(c1)OCO2)N/N=C\c1ccc(OCc2ccc(Cl)cc2)c(Br)c1. The summed E-state index contributed by atoms with van der Waals surface area (Å²) in [7, 11) is 0. The molecule has 1 aliphatic rings. The molecule has 1 N–H and O–H groups in total. The Hall–Kier alpha value is -3.03. The smallest absolute Gasteiger partial charge is 0.244 e. The number of fused-ring (bicyclic) bond motifs is 1. The first kappa shape index (κ1) is 21.2. The average Bonchev–Trinajstić information content (AvgIpc) is 3.22. The highest BCUT2D eigenvalue weighted by molar-refractivity contribution is 9.10. The number of benzene rings is 3. The van der Waals surface area contributed by atoms with Crippen LogP contribution in [-0.4, -0.2) is 18.9 Å². The van der Waals surface area contributed by atoms with Crippen LogP contribution in [0.15, 0.2) is 70.2 Å². The Morgan fingerprint density at radius 2 is 1.84 bits per heavy atom. The van der Waals surface area contributed by atoms with E-state index in [1.54, 1.807) is 18.3 Å². The first-order valence-corrected chi connectivity index (χ1v) is 10.6. The van der Waals surface area contributed by atoms with Crippen molar-refractivity contribution >= 4 is 39.7 Å². The van der Waals surface area contributed by atoms with Crippen LogP contribution in [0.3, 0.4) is 0 Å². The van der Waals surface area contributed by atoms with Gasteiger partial charge in [0.15, 0.2) is 11.5 Å². The third-order valence-corrected chi connectivity index (χ3v) is 5.34. The van der Waals surface area contributed by atoms with E-state index in [2.05, 4.69) is 26.5 Å². The minimum atomic E-state index is -0.225. The zero-order chi connectivity index (χ0) is 21.6. The Balaban J connectivity index is 1.29. The standard InChI is InChI=1S/C23H18BrClN2O4/c24-19-9-17(4-7-20(19)29-13-15-1-5-18(25)6-2-15)12-26-27-23(28)11-16-3-8-21-22(10-16)31-14-30-21/h1-10,12H,11,13-14H2,(H,27,28)/b26-12-. The van der Waals surface area contributed by atoms with Gasteiger partial charge in [0.1, 0.15) is 12.4 Å². The predicted octanol–water partition coefficient (Wildman–Crippen LogP) is 5.10. The summed E-state index contributed by atoms with van der Waals surface area (Å²) in [6, 6.07) is 18.5. The lowest BCUT2D eigenvalue weighted by molar-refractivity contribution is -0.120. The molecule has 3 aromatic rings. The summed E-state index contributed by atoms with van der Waals surface area (Å²) < 4.78 is 17.2. The van der Waals surface area contributed by atoms with Gasteiger partial charge < -0.3 is 14.2 Å². The number of hydrazone groups is 1. The van der Waals surface area contributed by atoms with Crippen molar-refractivity contribution in [2.45, 2.75) is 13.0 Å². The third kappa shape index (κ3) is 5.77. The maximum atomic E-state index is 12.1. The molecule has 1 amide bonds. The normalized spacial score (nSPS) is 12.2. The lowest BCUT2D eigenvalue weighted by atomic mass is 10.1. The highest BCUT2D eigenvalue weighted by atomic mass is 79.9. The van der Waals surface area contributed by atoms with E-state index in [9.17, 15) is 4.79 Å². The number of hydrogen-bond acceptors (Lipinski definition) is 5. The van der Waals surface area contributed by atoms with Crippen LogP contribution in [0.1, 0.15) is 16.7 Å². The summed E-state index contributed by atoms with van der Waals surface area (Å²) in [5, 5.41) is 4.72. The van der Waals surface area contributed by atoms with E-state index in [1.807, 2.05) is 48.5 Å². The van der Waals surface area contributed by atoms with Crippen LogP contribution in [0.25, 0.3) is 0 Å². The molecule has 158 valence electrons.